The summed E-state index contributed by atoms with van der Waals surface area (Å²) in [7, 11) is 0. The standard InChI is InChI=1S/C14H8FNO2/c15-12-6-4-11(5-7-12)14(17)18-13-3-1-2-10(8-13)9-16/h1-8H. The summed E-state index contributed by atoms with van der Waals surface area (Å²) in [5.74, 6) is -0.730. The third-order valence-electron chi connectivity index (χ3n) is 2.25. The average molecular weight is 241 g/mol. The van der Waals surface area contributed by atoms with E-state index in [0.717, 1.165) is 0 Å². The molecule has 88 valence electrons. The first-order valence-electron chi connectivity index (χ1n) is 5.17. The summed E-state index contributed by atoms with van der Waals surface area (Å²) in [6.07, 6.45) is 0. The van der Waals surface area contributed by atoms with Gasteiger partial charge in [0.2, 0.25) is 0 Å². The Bertz CT molecular complexity index is 614. The first-order valence-corrected chi connectivity index (χ1v) is 5.17. The van der Waals surface area contributed by atoms with Crippen LogP contribution in [0, 0.1) is 17.1 Å². The Morgan fingerprint density at radius 2 is 1.89 bits per heavy atom. The van der Waals surface area contributed by atoms with Crippen LogP contribution in [0.3, 0.4) is 0 Å². The Balaban J connectivity index is 2.16. The van der Waals surface area contributed by atoms with Gasteiger partial charge in [0.25, 0.3) is 0 Å². The SMILES string of the molecule is N#Cc1cccc(OC(=O)c2ccc(F)cc2)c1. The third kappa shape index (κ3) is 2.71. The number of halogens is 1. The summed E-state index contributed by atoms with van der Waals surface area (Å²) in [4.78, 5) is 11.7. The number of carbonyl (C=O) groups is 1. The lowest BCUT2D eigenvalue weighted by Gasteiger charge is -2.04. The van der Waals surface area contributed by atoms with E-state index in [1.54, 1.807) is 18.2 Å². The number of ether oxygens (including phenoxy) is 1. The highest BCUT2D eigenvalue weighted by molar-refractivity contribution is 5.91. The van der Waals surface area contributed by atoms with Crippen LogP contribution in [0.1, 0.15) is 15.9 Å². The van der Waals surface area contributed by atoms with E-state index in [1.807, 2.05) is 6.07 Å². The number of hydrogen-bond donors (Lipinski definition) is 0. The van der Waals surface area contributed by atoms with E-state index < -0.39 is 11.8 Å². The van der Waals surface area contributed by atoms with Gasteiger partial charge >= 0.3 is 5.97 Å². The molecule has 0 aliphatic rings. The van der Waals surface area contributed by atoms with Gasteiger partial charge in [-0.05, 0) is 42.5 Å². The number of nitrogens with zero attached hydrogens (tertiary/aromatic N) is 1. The molecule has 0 aliphatic heterocycles. The first-order chi connectivity index (χ1) is 8.69. The van der Waals surface area contributed by atoms with Gasteiger partial charge in [-0.3, -0.25) is 0 Å². The molecule has 0 heterocycles. The van der Waals surface area contributed by atoms with Crippen LogP contribution in [0.2, 0.25) is 0 Å². The quantitative estimate of drug-likeness (QED) is 0.600. The smallest absolute Gasteiger partial charge is 0.343 e. The van der Waals surface area contributed by atoms with Gasteiger partial charge in [0.1, 0.15) is 11.6 Å². The van der Waals surface area contributed by atoms with Gasteiger partial charge in [-0.25, -0.2) is 9.18 Å². The Kier molecular flexibility index (Phi) is 3.35. The maximum atomic E-state index is 12.7. The van der Waals surface area contributed by atoms with E-state index in [4.69, 9.17) is 10.00 Å². The summed E-state index contributed by atoms with van der Waals surface area (Å²) in [6.45, 7) is 0. The zero-order chi connectivity index (χ0) is 13.0. The van der Waals surface area contributed by atoms with Crippen molar-refractivity contribution in [3.63, 3.8) is 0 Å². The lowest BCUT2D eigenvalue weighted by molar-refractivity contribution is 0.0734. The van der Waals surface area contributed by atoms with Crippen molar-refractivity contribution >= 4 is 5.97 Å². The summed E-state index contributed by atoms with van der Waals surface area (Å²) in [5, 5.41) is 8.71. The summed E-state index contributed by atoms with van der Waals surface area (Å²) in [5.41, 5.74) is 0.651. The number of benzene rings is 2. The minimum absolute atomic E-state index is 0.249. The van der Waals surface area contributed by atoms with Crippen molar-refractivity contribution in [2.45, 2.75) is 0 Å². The van der Waals surface area contributed by atoms with Crippen LogP contribution in [-0.2, 0) is 0 Å². The van der Waals surface area contributed by atoms with Gasteiger partial charge in [-0.15, -0.1) is 0 Å². The molecule has 3 nitrogen and oxygen atoms in total. The van der Waals surface area contributed by atoms with Gasteiger partial charge in [0.05, 0.1) is 17.2 Å². The molecule has 0 amide bonds. The number of nitriles is 1. The monoisotopic (exact) mass is 241 g/mol. The van der Waals surface area contributed by atoms with E-state index in [0.29, 0.717) is 5.56 Å². The van der Waals surface area contributed by atoms with Crippen molar-refractivity contribution in [2.75, 3.05) is 0 Å². The fourth-order valence-corrected chi connectivity index (χ4v) is 1.38. The molecule has 0 bridgehead atoms. The average Bonchev–Trinajstić information content (AvgIpc) is 2.39. The molecule has 0 unspecified atom stereocenters. The molecule has 0 saturated heterocycles. The lowest BCUT2D eigenvalue weighted by Crippen LogP contribution is -2.08. The Morgan fingerprint density at radius 3 is 2.56 bits per heavy atom. The van der Waals surface area contributed by atoms with E-state index >= 15 is 0 Å². The van der Waals surface area contributed by atoms with Crippen molar-refractivity contribution in [3.05, 3.63) is 65.5 Å². The Hall–Kier alpha value is -2.67. The fourth-order valence-electron chi connectivity index (χ4n) is 1.38. The van der Waals surface area contributed by atoms with Crippen molar-refractivity contribution in [1.29, 1.82) is 5.26 Å². The largest absolute Gasteiger partial charge is 0.423 e. The fraction of sp³-hybridized carbons (Fsp3) is 0. The second kappa shape index (κ2) is 5.11. The van der Waals surface area contributed by atoms with Crippen LogP contribution in [0.4, 0.5) is 4.39 Å². The molecule has 0 fully saturated rings. The molecule has 18 heavy (non-hydrogen) atoms. The van der Waals surface area contributed by atoms with Gasteiger partial charge in [-0.1, -0.05) is 6.07 Å². The Labute approximate surface area is 103 Å². The molecule has 0 saturated carbocycles. The number of hydrogen-bond acceptors (Lipinski definition) is 3. The topological polar surface area (TPSA) is 50.1 Å². The Morgan fingerprint density at radius 1 is 1.17 bits per heavy atom. The van der Waals surface area contributed by atoms with Gasteiger partial charge in [0, 0.05) is 0 Å². The van der Waals surface area contributed by atoms with E-state index in [2.05, 4.69) is 0 Å². The van der Waals surface area contributed by atoms with Gasteiger partial charge in [-0.2, -0.15) is 5.26 Å². The van der Waals surface area contributed by atoms with Crippen LogP contribution in [0.15, 0.2) is 48.5 Å². The third-order valence-corrected chi connectivity index (χ3v) is 2.25. The number of rotatable bonds is 2. The molecule has 0 N–H and O–H groups in total. The zero-order valence-electron chi connectivity index (χ0n) is 9.26. The number of esters is 1. The van der Waals surface area contributed by atoms with Crippen LogP contribution in [0.5, 0.6) is 5.75 Å². The highest BCUT2D eigenvalue weighted by Gasteiger charge is 2.08. The highest BCUT2D eigenvalue weighted by atomic mass is 19.1. The molecule has 2 rings (SSSR count). The molecule has 4 heteroatoms. The molecule has 0 spiro atoms. The molecule has 0 radical (unpaired) electrons. The van der Waals surface area contributed by atoms with E-state index in [-0.39, 0.29) is 11.3 Å². The van der Waals surface area contributed by atoms with Crippen LogP contribution in [-0.4, -0.2) is 5.97 Å². The maximum Gasteiger partial charge on any atom is 0.343 e. The number of carbonyl (C=O) groups excluding carboxylic acids is 1. The highest BCUT2D eigenvalue weighted by Crippen LogP contribution is 2.14. The minimum Gasteiger partial charge on any atom is -0.423 e. The van der Waals surface area contributed by atoms with Crippen molar-refractivity contribution in [2.24, 2.45) is 0 Å². The first kappa shape index (κ1) is 11.8. The minimum atomic E-state index is -0.593. The van der Waals surface area contributed by atoms with Crippen molar-refractivity contribution in [1.82, 2.24) is 0 Å². The molecule has 2 aromatic rings. The molecule has 2 aromatic carbocycles. The lowest BCUT2D eigenvalue weighted by atomic mass is 10.2. The van der Waals surface area contributed by atoms with Gasteiger partial charge < -0.3 is 4.74 Å². The van der Waals surface area contributed by atoms with E-state index in [1.165, 1.54) is 30.3 Å². The van der Waals surface area contributed by atoms with Crippen LogP contribution >= 0.6 is 0 Å². The second-order valence-corrected chi connectivity index (χ2v) is 3.54. The molecular formula is C14H8FNO2. The van der Waals surface area contributed by atoms with Gasteiger partial charge in [0.15, 0.2) is 0 Å². The second-order valence-electron chi connectivity index (χ2n) is 3.54. The van der Waals surface area contributed by atoms with Crippen LogP contribution < -0.4 is 4.74 Å². The molecule has 0 atom stereocenters. The summed E-state index contributed by atoms with van der Waals surface area (Å²) >= 11 is 0. The predicted octanol–water partition coefficient (Wildman–Crippen LogP) is 2.92. The van der Waals surface area contributed by atoms with E-state index in [9.17, 15) is 9.18 Å². The summed E-state index contributed by atoms with van der Waals surface area (Å²) < 4.78 is 17.8. The van der Waals surface area contributed by atoms with Crippen molar-refractivity contribution < 1.29 is 13.9 Å². The molecule has 0 aliphatic carbocycles. The summed E-state index contributed by atoms with van der Waals surface area (Å²) in [6, 6.07) is 13.2. The molecular weight excluding hydrogens is 233 g/mol. The van der Waals surface area contributed by atoms with Crippen LogP contribution in [0.25, 0.3) is 0 Å². The maximum absolute atomic E-state index is 12.7. The predicted molar refractivity (Wildman–Crippen MR) is 62.5 cm³/mol. The molecule has 0 aromatic heterocycles. The zero-order valence-corrected chi connectivity index (χ0v) is 9.26. The van der Waals surface area contributed by atoms with Crippen molar-refractivity contribution in [3.8, 4) is 11.8 Å². The normalized spacial score (nSPS) is 9.56.